The van der Waals surface area contributed by atoms with E-state index in [2.05, 4.69) is 9.97 Å². The third-order valence-electron chi connectivity index (χ3n) is 2.97. The van der Waals surface area contributed by atoms with Gasteiger partial charge in [0.25, 0.3) is 0 Å². The van der Waals surface area contributed by atoms with Crippen LogP contribution >= 0.6 is 23.2 Å². The second-order valence-corrected chi connectivity index (χ2v) is 6.90. The van der Waals surface area contributed by atoms with Crippen LogP contribution in [0.3, 0.4) is 0 Å². The summed E-state index contributed by atoms with van der Waals surface area (Å²) >= 11 is 12.1. The molecule has 1 aromatic heterocycles. The molecule has 0 saturated carbocycles. The Kier molecular flexibility index (Phi) is 4.45. The normalized spacial score (nSPS) is 11.6. The van der Waals surface area contributed by atoms with E-state index in [9.17, 15) is 0 Å². The second-order valence-electron chi connectivity index (χ2n) is 6.07. The SMILES string of the molecule is Cc1cc(Cl)cc(C)c1Oc1cc(Cl)nc(C(C)(C)C)n1. The Labute approximate surface area is 135 Å². The van der Waals surface area contributed by atoms with Crippen LogP contribution in [-0.2, 0) is 5.41 Å². The fraction of sp³-hybridized carbons (Fsp3) is 0.375. The molecule has 0 aliphatic carbocycles. The summed E-state index contributed by atoms with van der Waals surface area (Å²) in [4.78, 5) is 8.71. The maximum atomic E-state index is 6.07. The number of nitrogens with zero attached hydrogens (tertiary/aromatic N) is 2. The van der Waals surface area contributed by atoms with Gasteiger partial charge in [-0.1, -0.05) is 44.0 Å². The van der Waals surface area contributed by atoms with Gasteiger partial charge in [0.2, 0.25) is 5.88 Å². The van der Waals surface area contributed by atoms with Crippen LogP contribution in [-0.4, -0.2) is 9.97 Å². The Bertz CT molecular complexity index is 655. The minimum atomic E-state index is -0.201. The molecule has 0 spiro atoms. The third kappa shape index (κ3) is 3.86. The van der Waals surface area contributed by atoms with E-state index in [1.807, 2.05) is 46.8 Å². The van der Waals surface area contributed by atoms with Gasteiger partial charge in [0.05, 0.1) is 0 Å². The zero-order valence-electron chi connectivity index (χ0n) is 12.8. The van der Waals surface area contributed by atoms with Gasteiger partial charge < -0.3 is 4.74 Å². The number of rotatable bonds is 2. The minimum Gasteiger partial charge on any atom is -0.438 e. The molecule has 2 aromatic rings. The molecule has 0 saturated heterocycles. The van der Waals surface area contributed by atoms with Gasteiger partial charge in [-0.2, -0.15) is 4.98 Å². The molecule has 2 rings (SSSR count). The number of halogens is 2. The van der Waals surface area contributed by atoms with Gasteiger partial charge in [0, 0.05) is 16.5 Å². The quantitative estimate of drug-likeness (QED) is 0.685. The first-order chi connectivity index (χ1) is 9.66. The molecule has 0 aliphatic rings. The molecule has 1 heterocycles. The zero-order valence-corrected chi connectivity index (χ0v) is 14.3. The third-order valence-corrected chi connectivity index (χ3v) is 3.39. The van der Waals surface area contributed by atoms with E-state index >= 15 is 0 Å². The van der Waals surface area contributed by atoms with Crippen molar-refractivity contribution >= 4 is 23.2 Å². The van der Waals surface area contributed by atoms with Gasteiger partial charge in [0.15, 0.2) is 0 Å². The molecule has 21 heavy (non-hydrogen) atoms. The van der Waals surface area contributed by atoms with Crippen molar-refractivity contribution in [2.45, 2.75) is 40.0 Å². The fourth-order valence-corrected chi connectivity index (χ4v) is 2.45. The van der Waals surface area contributed by atoms with Crippen molar-refractivity contribution in [1.29, 1.82) is 0 Å². The van der Waals surface area contributed by atoms with Crippen LogP contribution in [0.15, 0.2) is 18.2 Å². The topological polar surface area (TPSA) is 35.0 Å². The number of ether oxygens (including phenoxy) is 1. The number of benzene rings is 1. The summed E-state index contributed by atoms with van der Waals surface area (Å²) < 4.78 is 5.92. The Morgan fingerprint density at radius 2 is 1.52 bits per heavy atom. The summed E-state index contributed by atoms with van der Waals surface area (Å²) in [5.41, 5.74) is 1.70. The van der Waals surface area contributed by atoms with Crippen molar-refractivity contribution in [3.05, 3.63) is 45.3 Å². The molecule has 3 nitrogen and oxygen atoms in total. The van der Waals surface area contributed by atoms with Gasteiger partial charge in [-0.3, -0.25) is 0 Å². The van der Waals surface area contributed by atoms with Crippen LogP contribution in [0.4, 0.5) is 0 Å². The maximum absolute atomic E-state index is 6.07. The maximum Gasteiger partial charge on any atom is 0.224 e. The molecule has 0 amide bonds. The lowest BCUT2D eigenvalue weighted by Crippen LogP contribution is -2.16. The monoisotopic (exact) mass is 324 g/mol. The predicted molar refractivity (Wildman–Crippen MR) is 86.7 cm³/mol. The van der Waals surface area contributed by atoms with Gasteiger partial charge in [-0.05, 0) is 37.1 Å². The lowest BCUT2D eigenvalue weighted by molar-refractivity contribution is 0.440. The molecule has 0 fully saturated rings. The Hall–Kier alpha value is -1.32. The van der Waals surface area contributed by atoms with E-state index in [0.717, 1.165) is 16.9 Å². The van der Waals surface area contributed by atoms with Gasteiger partial charge in [-0.15, -0.1) is 0 Å². The first-order valence-corrected chi connectivity index (χ1v) is 7.42. The second kappa shape index (κ2) is 5.82. The molecule has 0 radical (unpaired) electrons. The van der Waals surface area contributed by atoms with Crippen molar-refractivity contribution < 1.29 is 4.74 Å². The van der Waals surface area contributed by atoms with Gasteiger partial charge in [-0.25, -0.2) is 4.98 Å². The molecule has 1 aromatic carbocycles. The summed E-state index contributed by atoms with van der Waals surface area (Å²) in [5, 5.41) is 1.06. The first kappa shape index (κ1) is 16.1. The van der Waals surface area contributed by atoms with E-state index in [-0.39, 0.29) is 5.41 Å². The standard InChI is InChI=1S/C16H18Cl2N2O/c1-9-6-11(17)7-10(2)14(9)21-13-8-12(18)19-15(20-13)16(3,4)5/h6-8H,1-5H3. The van der Waals surface area contributed by atoms with Crippen molar-refractivity contribution in [2.75, 3.05) is 0 Å². The Balaban J connectivity index is 2.43. The largest absolute Gasteiger partial charge is 0.438 e. The highest BCUT2D eigenvalue weighted by Crippen LogP contribution is 2.32. The van der Waals surface area contributed by atoms with Crippen LogP contribution in [0.2, 0.25) is 10.2 Å². The number of aryl methyl sites for hydroxylation is 2. The van der Waals surface area contributed by atoms with E-state index in [1.165, 1.54) is 0 Å². The molecule has 0 aliphatic heterocycles. The van der Waals surface area contributed by atoms with Crippen LogP contribution in [0, 0.1) is 13.8 Å². The van der Waals surface area contributed by atoms with Crippen LogP contribution < -0.4 is 4.74 Å². The summed E-state index contributed by atoms with van der Waals surface area (Å²) in [6, 6.07) is 5.33. The predicted octanol–water partition coefficient (Wildman–Crippen LogP) is 5.49. The van der Waals surface area contributed by atoms with Crippen LogP contribution in [0.5, 0.6) is 11.6 Å². The highest BCUT2D eigenvalue weighted by molar-refractivity contribution is 6.30. The van der Waals surface area contributed by atoms with E-state index in [1.54, 1.807) is 6.07 Å². The molecule has 112 valence electrons. The number of aromatic nitrogens is 2. The lowest BCUT2D eigenvalue weighted by Gasteiger charge is -2.18. The lowest BCUT2D eigenvalue weighted by atomic mass is 9.96. The molecule has 0 bridgehead atoms. The Morgan fingerprint density at radius 3 is 2.05 bits per heavy atom. The molecular weight excluding hydrogens is 307 g/mol. The molecule has 0 N–H and O–H groups in total. The van der Waals surface area contributed by atoms with E-state index < -0.39 is 0 Å². The minimum absolute atomic E-state index is 0.201. The average Bonchev–Trinajstić information content (AvgIpc) is 2.32. The first-order valence-electron chi connectivity index (χ1n) is 6.66. The number of hydrogen-bond acceptors (Lipinski definition) is 3. The molecule has 0 unspecified atom stereocenters. The Morgan fingerprint density at radius 1 is 0.952 bits per heavy atom. The molecular formula is C16H18Cl2N2O. The summed E-state index contributed by atoms with van der Waals surface area (Å²) in [5.74, 6) is 1.83. The average molecular weight is 325 g/mol. The van der Waals surface area contributed by atoms with Gasteiger partial charge in [0.1, 0.15) is 16.7 Å². The fourth-order valence-electron chi connectivity index (χ4n) is 1.95. The smallest absolute Gasteiger partial charge is 0.224 e. The van der Waals surface area contributed by atoms with Crippen molar-refractivity contribution in [3.8, 4) is 11.6 Å². The summed E-state index contributed by atoms with van der Waals surface area (Å²) in [7, 11) is 0. The number of hydrogen-bond donors (Lipinski definition) is 0. The zero-order chi connectivity index (χ0) is 15.8. The summed E-state index contributed by atoms with van der Waals surface area (Å²) in [6.07, 6.45) is 0. The summed E-state index contributed by atoms with van der Waals surface area (Å²) in [6.45, 7) is 9.98. The van der Waals surface area contributed by atoms with Crippen molar-refractivity contribution in [1.82, 2.24) is 9.97 Å². The van der Waals surface area contributed by atoms with E-state index in [4.69, 9.17) is 27.9 Å². The highest BCUT2D eigenvalue weighted by Gasteiger charge is 2.20. The van der Waals surface area contributed by atoms with E-state index in [0.29, 0.717) is 21.9 Å². The van der Waals surface area contributed by atoms with Crippen molar-refractivity contribution in [3.63, 3.8) is 0 Å². The molecule has 5 heteroatoms. The highest BCUT2D eigenvalue weighted by atomic mass is 35.5. The molecule has 0 atom stereocenters. The van der Waals surface area contributed by atoms with Gasteiger partial charge >= 0.3 is 0 Å². The van der Waals surface area contributed by atoms with Crippen LogP contribution in [0.1, 0.15) is 37.7 Å². The van der Waals surface area contributed by atoms with Crippen molar-refractivity contribution in [2.24, 2.45) is 0 Å². The van der Waals surface area contributed by atoms with Crippen LogP contribution in [0.25, 0.3) is 0 Å².